The van der Waals surface area contributed by atoms with E-state index in [1.807, 2.05) is 29.2 Å². The molecule has 0 spiro atoms. The van der Waals surface area contributed by atoms with E-state index in [1.165, 1.54) is 23.1 Å². The number of imidazole rings is 1. The maximum atomic E-state index is 13.2. The molecule has 4 aromatic rings. The van der Waals surface area contributed by atoms with Crippen molar-refractivity contribution in [1.29, 1.82) is 0 Å². The first kappa shape index (κ1) is 12.8. The van der Waals surface area contributed by atoms with Gasteiger partial charge in [-0.05, 0) is 35.9 Å². The molecule has 3 nitrogen and oxygen atoms in total. The zero-order chi connectivity index (χ0) is 14.9. The molecule has 2 aromatic heterocycles. The van der Waals surface area contributed by atoms with Crippen LogP contribution < -0.4 is 0 Å². The summed E-state index contributed by atoms with van der Waals surface area (Å²) in [7, 11) is 0. The molecule has 0 unspecified atom stereocenters. The number of rotatable bonds is 3. The van der Waals surface area contributed by atoms with E-state index in [9.17, 15) is 4.39 Å². The van der Waals surface area contributed by atoms with Crippen molar-refractivity contribution in [2.45, 2.75) is 6.54 Å². The minimum Gasteiger partial charge on any atom is -0.333 e. The Kier molecular flexibility index (Phi) is 3.00. The fraction of sp³-hybridized carbons (Fsp3) is 0.0556. The highest BCUT2D eigenvalue weighted by Gasteiger charge is 2.09. The van der Waals surface area contributed by atoms with Crippen LogP contribution in [0.2, 0.25) is 0 Å². The molecule has 0 saturated carbocycles. The molecule has 0 saturated heterocycles. The topological polar surface area (TPSA) is 22.8 Å². The van der Waals surface area contributed by atoms with E-state index in [4.69, 9.17) is 0 Å². The van der Waals surface area contributed by atoms with Crippen LogP contribution in [-0.2, 0) is 6.54 Å². The van der Waals surface area contributed by atoms with E-state index >= 15 is 0 Å². The van der Waals surface area contributed by atoms with E-state index in [1.54, 1.807) is 18.3 Å². The lowest BCUT2D eigenvalue weighted by Gasteiger charge is -2.04. The first-order valence-corrected chi connectivity index (χ1v) is 7.12. The molecular formula is C18H14FN3. The third-order valence-electron chi connectivity index (χ3n) is 3.81. The normalized spacial score (nSPS) is 11.1. The maximum Gasteiger partial charge on any atom is 0.123 e. The third-order valence-corrected chi connectivity index (χ3v) is 3.81. The fourth-order valence-electron chi connectivity index (χ4n) is 2.77. The molecule has 0 radical (unpaired) electrons. The van der Waals surface area contributed by atoms with Crippen LogP contribution >= 0.6 is 0 Å². The SMILES string of the molecule is Fc1ccc(-n2cc(Cn3ccnc3)c3ccccc32)cc1. The number of para-hydroxylation sites is 1. The second-order valence-electron chi connectivity index (χ2n) is 5.25. The molecule has 0 aliphatic heterocycles. The largest absolute Gasteiger partial charge is 0.333 e. The van der Waals surface area contributed by atoms with E-state index in [-0.39, 0.29) is 5.82 Å². The van der Waals surface area contributed by atoms with Gasteiger partial charge in [0.25, 0.3) is 0 Å². The van der Waals surface area contributed by atoms with Gasteiger partial charge < -0.3 is 9.13 Å². The van der Waals surface area contributed by atoms with Crippen molar-refractivity contribution in [2.75, 3.05) is 0 Å². The summed E-state index contributed by atoms with van der Waals surface area (Å²) in [4.78, 5) is 4.09. The highest BCUT2D eigenvalue weighted by Crippen LogP contribution is 2.25. The molecule has 4 heteroatoms. The number of nitrogens with zero attached hydrogens (tertiary/aromatic N) is 3. The summed E-state index contributed by atoms with van der Waals surface area (Å²) < 4.78 is 17.3. The smallest absolute Gasteiger partial charge is 0.123 e. The van der Waals surface area contributed by atoms with Crippen LogP contribution in [0.4, 0.5) is 4.39 Å². The molecule has 0 aliphatic rings. The van der Waals surface area contributed by atoms with Crippen LogP contribution in [0.1, 0.15) is 5.56 Å². The Morgan fingerprint density at radius 1 is 1.00 bits per heavy atom. The lowest BCUT2D eigenvalue weighted by atomic mass is 10.2. The second-order valence-corrected chi connectivity index (χ2v) is 5.25. The van der Waals surface area contributed by atoms with Gasteiger partial charge >= 0.3 is 0 Å². The maximum absolute atomic E-state index is 13.2. The van der Waals surface area contributed by atoms with Crippen LogP contribution in [0.3, 0.4) is 0 Å². The average molecular weight is 291 g/mol. The first-order valence-electron chi connectivity index (χ1n) is 7.12. The van der Waals surface area contributed by atoms with Gasteiger partial charge in [-0.2, -0.15) is 0 Å². The Morgan fingerprint density at radius 2 is 1.82 bits per heavy atom. The average Bonchev–Trinajstić information content (AvgIpc) is 3.17. The minimum atomic E-state index is -0.223. The van der Waals surface area contributed by atoms with Crippen LogP contribution in [-0.4, -0.2) is 14.1 Å². The third kappa shape index (κ3) is 2.19. The second kappa shape index (κ2) is 5.15. The summed E-state index contributed by atoms with van der Waals surface area (Å²) in [6.45, 7) is 0.759. The highest BCUT2D eigenvalue weighted by atomic mass is 19.1. The van der Waals surface area contributed by atoms with E-state index < -0.39 is 0 Å². The molecule has 0 amide bonds. The van der Waals surface area contributed by atoms with Gasteiger partial charge in [-0.25, -0.2) is 9.37 Å². The molecule has 22 heavy (non-hydrogen) atoms. The molecular weight excluding hydrogens is 277 g/mol. The van der Waals surface area contributed by atoms with Crippen LogP contribution in [0.15, 0.2) is 73.4 Å². The van der Waals surface area contributed by atoms with Gasteiger partial charge in [-0.3, -0.25) is 0 Å². The quantitative estimate of drug-likeness (QED) is 0.559. The van der Waals surface area contributed by atoms with Gasteiger partial charge in [0.05, 0.1) is 18.4 Å². The molecule has 108 valence electrons. The Morgan fingerprint density at radius 3 is 2.59 bits per heavy atom. The molecule has 0 aliphatic carbocycles. The van der Waals surface area contributed by atoms with Gasteiger partial charge in [0.1, 0.15) is 5.82 Å². The molecule has 2 aromatic carbocycles. The fourth-order valence-corrected chi connectivity index (χ4v) is 2.77. The minimum absolute atomic E-state index is 0.223. The van der Waals surface area contributed by atoms with Crippen molar-refractivity contribution >= 4 is 10.9 Å². The lowest BCUT2D eigenvalue weighted by Crippen LogP contribution is -1.95. The number of hydrogen-bond acceptors (Lipinski definition) is 1. The number of benzene rings is 2. The monoisotopic (exact) mass is 291 g/mol. The van der Waals surface area contributed by atoms with Crippen molar-refractivity contribution in [3.05, 3.63) is 84.8 Å². The van der Waals surface area contributed by atoms with Crippen LogP contribution in [0.25, 0.3) is 16.6 Å². The number of aromatic nitrogens is 3. The van der Waals surface area contributed by atoms with E-state index in [2.05, 4.69) is 27.9 Å². The van der Waals surface area contributed by atoms with Gasteiger partial charge in [0.2, 0.25) is 0 Å². The van der Waals surface area contributed by atoms with E-state index in [0.29, 0.717) is 0 Å². The van der Waals surface area contributed by atoms with Crippen molar-refractivity contribution in [3.63, 3.8) is 0 Å². The van der Waals surface area contributed by atoms with Crippen molar-refractivity contribution < 1.29 is 4.39 Å². The summed E-state index contributed by atoms with van der Waals surface area (Å²) in [6.07, 6.45) is 7.64. The highest BCUT2D eigenvalue weighted by molar-refractivity contribution is 5.85. The van der Waals surface area contributed by atoms with Crippen LogP contribution in [0.5, 0.6) is 0 Å². The number of halogens is 1. The molecule has 0 bridgehead atoms. The first-order chi connectivity index (χ1) is 10.8. The standard InChI is InChI=1S/C18H14FN3/c19-15-5-7-16(8-6-15)22-12-14(11-21-10-9-20-13-21)17-3-1-2-4-18(17)22/h1-10,12-13H,11H2. The van der Waals surface area contributed by atoms with Crippen molar-refractivity contribution in [1.82, 2.24) is 14.1 Å². The van der Waals surface area contributed by atoms with Gasteiger partial charge in [-0.15, -0.1) is 0 Å². The predicted octanol–water partition coefficient (Wildman–Crippen LogP) is 4.01. The summed E-state index contributed by atoms with van der Waals surface area (Å²) in [5.41, 5.74) is 3.27. The Labute approximate surface area is 127 Å². The van der Waals surface area contributed by atoms with E-state index in [0.717, 1.165) is 17.7 Å². The lowest BCUT2D eigenvalue weighted by molar-refractivity contribution is 0.627. The van der Waals surface area contributed by atoms with Crippen molar-refractivity contribution in [3.8, 4) is 5.69 Å². The van der Waals surface area contributed by atoms with Gasteiger partial charge in [-0.1, -0.05) is 18.2 Å². The number of fused-ring (bicyclic) bond motifs is 1. The molecule has 4 rings (SSSR count). The summed E-state index contributed by atoms with van der Waals surface area (Å²) >= 11 is 0. The van der Waals surface area contributed by atoms with Gasteiger partial charge in [0, 0.05) is 29.7 Å². The van der Waals surface area contributed by atoms with Gasteiger partial charge in [0.15, 0.2) is 0 Å². The molecule has 0 N–H and O–H groups in total. The Hall–Kier alpha value is -2.88. The Bertz CT molecular complexity index is 905. The number of hydrogen-bond donors (Lipinski definition) is 0. The zero-order valence-corrected chi connectivity index (χ0v) is 11.9. The zero-order valence-electron chi connectivity index (χ0n) is 11.9. The summed E-state index contributed by atoms with van der Waals surface area (Å²) in [5.74, 6) is -0.223. The summed E-state index contributed by atoms with van der Waals surface area (Å²) in [5, 5.41) is 1.19. The van der Waals surface area contributed by atoms with Crippen LogP contribution in [0, 0.1) is 5.82 Å². The Balaban J connectivity index is 1.87. The molecule has 0 fully saturated rings. The molecule has 0 atom stereocenters. The summed E-state index contributed by atoms with van der Waals surface area (Å²) in [6, 6.07) is 14.8. The predicted molar refractivity (Wildman–Crippen MR) is 84.6 cm³/mol. The molecule has 2 heterocycles. The van der Waals surface area contributed by atoms with Crippen molar-refractivity contribution in [2.24, 2.45) is 0 Å².